The van der Waals surface area contributed by atoms with E-state index in [-0.39, 0.29) is 4.88 Å². The molecule has 1 aromatic carbocycles. The normalized spacial score (nSPS) is 11.5. The maximum atomic E-state index is 11.2. The van der Waals surface area contributed by atoms with Gasteiger partial charge in [0.2, 0.25) is 0 Å². The number of hydrogen-bond donors (Lipinski definition) is 1. The Hall–Kier alpha value is -2.62. The molecule has 1 aromatic heterocycles. The molecule has 2 aromatic rings. The molecule has 0 saturated heterocycles. The third-order valence-electron chi connectivity index (χ3n) is 3.25. The van der Waals surface area contributed by atoms with Crippen LogP contribution < -0.4 is 0 Å². The number of rotatable bonds is 6. The summed E-state index contributed by atoms with van der Waals surface area (Å²) in [6.07, 6.45) is 7.43. The Morgan fingerprint density at radius 1 is 1.48 bits per heavy atom. The maximum absolute atomic E-state index is 11.2. The zero-order valence-electron chi connectivity index (χ0n) is 13.8. The Morgan fingerprint density at radius 3 is 2.80 bits per heavy atom. The van der Waals surface area contributed by atoms with Crippen LogP contribution in [0.4, 0.5) is 0 Å². The minimum Gasteiger partial charge on any atom is -0.477 e. The van der Waals surface area contributed by atoms with Crippen molar-refractivity contribution >= 4 is 29.1 Å². The van der Waals surface area contributed by atoms with Gasteiger partial charge in [-0.05, 0) is 32.1 Å². The summed E-state index contributed by atoms with van der Waals surface area (Å²) in [6, 6.07) is 7.67. The molecule has 0 amide bonds. The van der Waals surface area contributed by atoms with E-state index < -0.39 is 5.97 Å². The van der Waals surface area contributed by atoms with E-state index in [1.807, 2.05) is 37.3 Å². The number of carboxylic acid groups (broad SMARTS) is 1. The van der Waals surface area contributed by atoms with Gasteiger partial charge in [0, 0.05) is 15.4 Å². The van der Waals surface area contributed by atoms with Crippen LogP contribution in [0.5, 0.6) is 0 Å². The summed E-state index contributed by atoms with van der Waals surface area (Å²) in [5.41, 5.74) is 1.75. The van der Waals surface area contributed by atoms with Gasteiger partial charge in [0.25, 0.3) is 0 Å². The van der Waals surface area contributed by atoms with Crippen LogP contribution in [0.3, 0.4) is 0 Å². The summed E-state index contributed by atoms with van der Waals surface area (Å²) in [5, 5.41) is 19.2. The highest BCUT2D eigenvalue weighted by molar-refractivity contribution is 8.03. The zero-order chi connectivity index (χ0) is 18.4. The van der Waals surface area contributed by atoms with E-state index in [0.29, 0.717) is 16.3 Å². The third-order valence-corrected chi connectivity index (χ3v) is 5.62. The smallest absolute Gasteiger partial charge is 0.347 e. The first-order valence-electron chi connectivity index (χ1n) is 7.38. The summed E-state index contributed by atoms with van der Waals surface area (Å²) >= 11 is 2.60. The van der Waals surface area contributed by atoms with Gasteiger partial charge in [-0.2, -0.15) is 5.26 Å². The number of allylic oxidation sites excluding steroid dienone is 4. The monoisotopic (exact) mass is 368 g/mol. The standard InChI is InChI=1S/C19H16N2O2S2/c1-4-6-7-15(5-2)24-16-9-8-13(10-14(16)11-20)18-21-12(3)17(25-18)19(22)23/h4-10H,1H2,2-3H3,(H,22,23). The number of aromatic carboxylic acids is 1. The fourth-order valence-electron chi connectivity index (χ4n) is 2.04. The second-order valence-electron chi connectivity index (χ2n) is 4.95. The molecule has 0 radical (unpaired) electrons. The Kier molecular flexibility index (Phi) is 6.34. The van der Waals surface area contributed by atoms with Gasteiger partial charge in [0.05, 0.1) is 11.3 Å². The topological polar surface area (TPSA) is 74.0 Å². The predicted octanol–water partition coefficient (Wildman–Crippen LogP) is 5.43. The van der Waals surface area contributed by atoms with Gasteiger partial charge in [0.1, 0.15) is 16.0 Å². The Morgan fingerprint density at radius 2 is 2.24 bits per heavy atom. The first-order chi connectivity index (χ1) is 12.0. The molecule has 0 spiro atoms. The number of carbonyl (C=O) groups is 1. The molecule has 0 bridgehead atoms. The van der Waals surface area contributed by atoms with Crippen molar-refractivity contribution in [1.29, 1.82) is 5.26 Å². The lowest BCUT2D eigenvalue weighted by Gasteiger charge is -2.06. The molecule has 0 atom stereocenters. The van der Waals surface area contributed by atoms with E-state index in [4.69, 9.17) is 5.11 Å². The largest absolute Gasteiger partial charge is 0.477 e. The molecular weight excluding hydrogens is 352 g/mol. The summed E-state index contributed by atoms with van der Waals surface area (Å²) in [5.74, 6) is -0.985. The van der Waals surface area contributed by atoms with Crippen molar-refractivity contribution in [3.8, 4) is 16.6 Å². The molecule has 0 aliphatic heterocycles. The minimum atomic E-state index is -0.985. The van der Waals surface area contributed by atoms with Crippen LogP contribution >= 0.6 is 23.1 Å². The molecule has 1 heterocycles. The van der Waals surface area contributed by atoms with Crippen molar-refractivity contribution in [2.24, 2.45) is 0 Å². The Labute approximate surface area is 154 Å². The lowest BCUT2D eigenvalue weighted by molar-refractivity contribution is 0.0701. The SMILES string of the molecule is C=CC=CC(=CC)Sc1ccc(-c2nc(C)c(C(=O)O)s2)cc1C#N. The van der Waals surface area contributed by atoms with Crippen molar-refractivity contribution < 1.29 is 9.90 Å². The number of nitriles is 1. The van der Waals surface area contributed by atoms with Crippen molar-refractivity contribution in [2.45, 2.75) is 18.7 Å². The average Bonchev–Trinajstić information content (AvgIpc) is 3.00. The highest BCUT2D eigenvalue weighted by Gasteiger charge is 2.16. The van der Waals surface area contributed by atoms with Crippen molar-refractivity contribution in [3.05, 3.63) is 70.1 Å². The van der Waals surface area contributed by atoms with Crippen LogP contribution in [-0.4, -0.2) is 16.1 Å². The zero-order valence-corrected chi connectivity index (χ0v) is 15.4. The van der Waals surface area contributed by atoms with E-state index in [9.17, 15) is 10.1 Å². The quantitative estimate of drug-likeness (QED) is 0.544. The number of benzene rings is 1. The number of thiazole rings is 1. The van der Waals surface area contributed by atoms with Gasteiger partial charge in [-0.3, -0.25) is 0 Å². The highest BCUT2D eigenvalue weighted by atomic mass is 32.2. The molecule has 25 heavy (non-hydrogen) atoms. The van der Waals surface area contributed by atoms with E-state index >= 15 is 0 Å². The summed E-state index contributed by atoms with van der Waals surface area (Å²) in [4.78, 5) is 17.5. The fraction of sp³-hybridized carbons (Fsp3) is 0.105. The average molecular weight is 368 g/mol. The summed E-state index contributed by atoms with van der Waals surface area (Å²) in [6.45, 7) is 7.25. The molecule has 2 rings (SSSR count). The number of hydrogen-bond acceptors (Lipinski definition) is 5. The second kappa shape index (κ2) is 8.47. The van der Waals surface area contributed by atoms with Crippen molar-refractivity contribution in [3.63, 3.8) is 0 Å². The van der Waals surface area contributed by atoms with Crippen LogP contribution in [0.25, 0.3) is 10.6 Å². The highest BCUT2D eigenvalue weighted by Crippen LogP contribution is 2.34. The molecule has 0 unspecified atom stereocenters. The summed E-state index contributed by atoms with van der Waals surface area (Å²) < 4.78 is 0. The van der Waals surface area contributed by atoms with Gasteiger partial charge >= 0.3 is 5.97 Å². The lowest BCUT2D eigenvalue weighted by atomic mass is 10.1. The first-order valence-corrected chi connectivity index (χ1v) is 9.02. The van der Waals surface area contributed by atoms with Gasteiger partial charge in [-0.15, -0.1) is 11.3 Å². The van der Waals surface area contributed by atoms with Gasteiger partial charge in [0.15, 0.2) is 0 Å². The molecule has 1 N–H and O–H groups in total. The predicted molar refractivity (Wildman–Crippen MR) is 103 cm³/mol. The number of thioether (sulfide) groups is 1. The molecule has 0 aliphatic rings. The molecule has 6 heteroatoms. The van der Waals surface area contributed by atoms with Crippen LogP contribution in [0.15, 0.2) is 58.9 Å². The van der Waals surface area contributed by atoms with Crippen LogP contribution in [0.1, 0.15) is 27.9 Å². The molecule has 0 aliphatic carbocycles. The van der Waals surface area contributed by atoms with Crippen LogP contribution in [-0.2, 0) is 0 Å². The molecule has 0 saturated carbocycles. The number of carboxylic acids is 1. The number of aryl methyl sites for hydroxylation is 1. The molecule has 4 nitrogen and oxygen atoms in total. The lowest BCUT2D eigenvalue weighted by Crippen LogP contribution is -1.94. The third kappa shape index (κ3) is 4.47. The fourth-order valence-corrected chi connectivity index (χ4v) is 3.81. The van der Waals surface area contributed by atoms with E-state index in [2.05, 4.69) is 17.6 Å². The Bertz CT molecular complexity index is 918. The first kappa shape index (κ1) is 18.7. The second-order valence-corrected chi connectivity index (χ2v) is 7.06. The van der Waals surface area contributed by atoms with E-state index in [1.54, 1.807) is 19.1 Å². The molecule has 126 valence electrons. The minimum absolute atomic E-state index is 0.220. The van der Waals surface area contributed by atoms with E-state index in [0.717, 1.165) is 26.7 Å². The number of nitrogens with zero attached hydrogens (tertiary/aromatic N) is 2. The van der Waals surface area contributed by atoms with Crippen LogP contribution in [0.2, 0.25) is 0 Å². The summed E-state index contributed by atoms with van der Waals surface area (Å²) in [7, 11) is 0. The number of aromatic nitrogens is 1. The maximum Gasteiger partial charge on any atom is 0.347 e. The van der Waals surface area contributed by atoms with Crippen molar-refractivity contribution in [2.75, 3.05) is 0 Å². The van der Waals surface area contributed by atoms with Crippen molar-refractivity contribution in [1.82, 2.24) is 4.98 Å². The van der Waals surface area contributed by atoms with Gasteiger partial charge in [-0.25, -0.2) is 9.78 Å². The van der Waals surface area contributed by atoms with Gasteiger partial charge < -0.3 is 5.11 Å². The Balaban J connectivity index is 2.38. The molecular formula is C19H16N2O2S2. The van der Waals surface area contributed by atoms with Crippen LogP contribution in [0, 0.1) is 18.3 Å². The molecule has 0 fully saturated rings. The van der Waals surface area contributed by atoms with E-state index in [1.165, 1.54) is 11.8 Å². The van der Waals surface area contributed by atoms with Gasteiger partial charge in [-0.1, -0.05) is 42.6 Å².